The van der Waals surface area contributed by atoms with E-state index in [9.17, 15) is 13.2 Å². The summed E-state index contributed by atoms with van der Waals surface area (Å²) >= 11 is 0. The minimum absolute atomic E-state index is 0.258. The summed E-state index contributed by atoms with van der Waals surface area (Å²) in [5, 5.41) is 3.61. The summed E-state index contributed by atoms with van der Waals surface area (Å²) in [6.45, 7) is 0. The van der Waals surface area contributed by atoms with Crippen LogP contribution in [-0.2, 0) is 10.0 Å². The van der Waals surface area contributed by atoms with Crippen molar-refractivity contribution >= 4 is 38.1 Å². The van der Waals surface area contributed by atoms with Gasteiger partial charge in [-0.25, -0.2) is 8.42 Å². The first-order valence-corrected chi connectivity index (χ1v) is 11.1. The Labute approximate surface area is 174 Å². The zero-order chi connectivity index (χ0) is 21.3. The van der Waals surface area contributed by atoms with Crippen LogP contribution >= 0.6 is 0 Å². The third-order valence-electron chi connectivity index (χ3n) is 4.79. The predicted molar refractivity (Wildman–Crippen MR) is 120 cm³/mol. The summed E-state index contributed by atoms with van der Waals surface area (Å²) in [5.41, 5.74) is 2.08. The standard InChI is InChI=1S/C22H20N4O3S/c1-25(30(2,28)29)19-15-23-14-18-20(27)13-21(24-16-9-5-3-6-10-16)26(22(18)19)17-11-7-4-8-12-17/h3-15,24H,1-2H3. The summed E-state index contributed by atoms with van der Waals surface area (Å²) < 4.78 is 27.5. The van der Waals surface area contributed by atoms with Crippen LogP contribution in [0.4, 0.5) is 17.2 Å². The van der Waals surface area contributed by atoms with E-state index in [-0.39, 0.29) is 5.43 Å². The summed E-state index contributed by atoms with van der Waals surface area (Å²) in [4.78, 5) is 17.1. The predicted octanol–water partition coefficient (Wildman–Crippen LogP) is 3.53. The number of fused-ring (bicyclic) bond motifs is 1. The number of sulfonamides is 1. The Morgan fingerprint density at radius 3 is 2.23 bits per heavy atom. The van der Waals surface area contributed by atoms with E-state index in [0.717, 1.165) is 21.9 Å². The van der Waals surface area contributed by atoms with Crippen LogP contribution in [0.25, 0.3) is 16.6 Å². The van der Waals surface area contributed by atoms with E-state index >= 15 is 0 Å². The number of para-hydroxylation sites is 2. The zero-order valence-electron chi connectivity index (χ0n) is 16.5. The number of hydrogen-bond acceptors (Lipinski definition) is 5. The van der Waals surface area contributed by atoms with Crippen LogP contribution in [0.3, 0.4) is 0 Å². The third kappa shape index (κ3) is 3.65. The van der Waals surface area contributed by atoms with Crippen LogP contribution in [0.2, 0.25) is 0 Å². The van der Waals surface area contributed by atoms with Crippen LogP contribution in [0.1, 0.15) is 0 Å². The number of pyridine rings is 2. The molecule has 2 aromatic carbocycles. The number of nitrogens with zero attached hydrogens (tertiary/aromatic N) is 3. The Kier molecular flexibility index (Phi) is 5.01. The average molecular weight is 420 g/mol. The molecule has 8 heteroatoms. The molecule has 2 heterocycles. The maximum atomic E-state index is 12.9. The van der Waals surface area contributed by atoms with Gasteiger partial charge in [-0.15, -0.1) is 0 Å². The van der Waals surface area contributed by atoms with Crippen LogP contribution in [-0.4, -0.2) is 31.3 Å². The lowest BCUT2D eigenvalue weighted by Crippen LogP contribution is -2.26. The van der Waals surface area contributed by atoms with E-state index in [4.69, 9.17) is 0 Å². The SMILES string of the molecule is CN(c1cncc2c(=O)cc(Nc3ccccc3)n(-c3ccccc3)c12)S(C)(=O)=O. The van der Waals surface area contributed by atoms with Gasteiger partial charge in [0.2, 0.25) is 10.0 Å². The average Bonchev–Trinajstić information content (AvgIpc) is 2.74. The minimum atomic E-state index is -3.57. The zero-order valence-corrected chi connectivity index (χ0v) is 17.3. The first-order chi connectivity index (χ1) is 14.4. The van der Waals surface area contributed by atoms with Crippen LogP contribution < -0.4 is 15.1 Å². The lowest BCUT2D eigenvalue weighted by Gasteiger charge is -2.23. The number of aromatic nitrogens is 2. The quantitative estimate of drug-likeness (QED) is 0.534. The molecule has 30 heavy (non-hydrogen) atoms. The summed E-state index contributed by atoms with van der Waals surface area (Å²) in [6, 6.07) is 20.4. The highest BCUT2D eigenvalue weighted by Gasteiger charge is 2.21. The molecule has 4 rings (SSSR count). The molecule has 0 radical (unpaired) electrons. The van der Waals surface area contributed by atoms with Gasteiger partial charge in [-0.05, 0) is 24.3 Å². The third-order valence-corrected chi connectivity index (χ3v) is 5.98. The molecule has 152 valence electrons. The van der Waals surface area contributed by atoms with E-state index in [1.54, 1.807) is 0 Å². The van der Waals surface area contributed by atoms with Crippen molar-refractivity contribution in [2.24, 2.45) is 0 Å². The fraction of sp³-hybridized carbons (Fsp3) is 0.0909. The fourth-order valence-corrected chi connectivity index (χ4v) is 3.75. The number of nitrogens with one attached hydrogen (secondary N) is 1. The first kappa shape index (κ1) is 19.7. The van der Waals surface area contributed by atoms with Crippen molar-refractivity contribution in [3.63, 3.8) is 0 Å². The van der Waals surface area contributed by atoms with Crippen molar-refractivity contribution in [2.75, 3.05) is 22.9 Å². The van der Waals surface area contributed by atoms with E-state index < -0.39 is 10.0 Å². The fourth-order valence-electron chi connectivity index (χ4n) is 3.26. The summed E-state index contributed by atoms with van der Waals surface area (Å²) in [5.74, 6) is 0.513. The molecule has 0 spiro atoms. The van der Waals surface area contributed by atoms with Gasteiger partial charge in [0, 0.05) is 30.7 Å². The van der Waals surface area contributed by atoms with Crippen LogP contribution in [0, 0.1) is 0 Å². The van der Waals surface area contributed by atoms with Gasteiger partial charge in [-0.1, -0.05) is 36.4 Å². The molecule has 7 nitrogen and oxygen atoms in total. The van der Waals surface area contributed by atoms with Crippen molar-refractivity contribution in [1.29, 1.82) is 0 Å². The molecule has 4 aromatic rings. The Hall–Kier alpha value is -3.65. The molecule has 0 atom stereocenters. The molecule has 0 saturated heterocycles. The van der Waals surface area contributed by atoms with Crippen molar-refractivity contribution in [2.45, 2.75) is 0 Å². The summed E-state index contributed by atoms with van der Waals surface area (Å²) in [6.07, 6.45) is 4.03. The van der Waals surface area contributed by atoms with Crippen LogP contribution in [0.15, 0.2) is 83.9 Å². The molecular formula is C22H20N4O3S. The Bertz CT molecular complexity index is 1370. The minimum Gasteiger partial charge on any atom is -0.341 e. The normalized spacial score (nSPS) is 11.4. The van der Waals surface area contributed by atoms with Crippen molar-refractivity contribution in [3.8, 4) is 5.69 Å². The molecule has 0 unspecified atom stereocenters. The molecule has 0 aliphatic rings. The highest BCUT2D eigenvalue weighted by molar-refractivity contribution is 7.92. The number of rotatable bonds is 5. The topological polar surface area (TPSA) is 84.3 Å². The molecular weight excluding hydrogens is 400 g/mol. The van der Waals surface area contributed by atoms with Gasteiger partial charge in [-0.3, -0.25) is 18.7 Å². The van der Waals surface area contributed by atoms with Gasteiger partial charge in [0.05, 0.1) is 29.0 Å². The van der Waals surface area contributed by atoms with E-state index in [2.05, 4.69) is 10.3 Å². The Morgan fingerprint density at radius 2 is 1.60 bits per heavy atom. The lowest BCUT2D eigenvalue weighted by molar-refractivity contribution is 0.600. The first-order valence-electron chi connectivity index (χ1n) is 9.21. The second-order valence-corrected chi connectivity index (χ2v) is 8.85. The lowest BCUT2D eigenvalue weighted by atomic mass is 10.2. The highest BCUT2D eigenvalue weighted by Crippen LogP contribution is 2.31. The van der Waals surface area contributed by atoms with Gasteiger partial charge < -0.3 is 5.32 Å². The molecule has 0 saturated carbocycles. The smallest absolute Gasteiger partial charge is 0.232 e. The monoisotopic (exact) mass is 420 g/mol. The Morgan fingerprint density at radius 1 is 0.967 bits per heavy atom. The molecule has 0 fully saturated rings. The van der Waals surface area contributed by atoms with Gasteiger partial charge in [0.1, 0.15) is 5.82 Å². The number of hydrogen-bond donors (Lipinski definition) is 1. The maximum Gasteiger partial charge on any atom is 0.232 e. The number of anilines is 3. The highest BCUT2D eigenvalue weighted by atomic mass is 32.2. The molecule has 0 bridgehead atoms. The van der Waals surface area contributed by atoms with E-state index in [0.29, 0.717) is 22.4 Å². The molecule has 0 amide bonds. The van der Waals surface area contributed by atoms with Crippen molar-refractivity contribution < 1.29 is 8.42 Å². The van der Waals surface area contributed by atoms with E-state index in [1.807, 2.05) is 65.2 Å². The second kappa shape index (κ2) is 7.64. The number of benzene rings is 2. The molecule has 0 aliphatic carbocycles. The largest absolute Gasteiger partial charge is 0.341 e. The molecule has 1 N–H and O–H groups in total. The van der Waals surface area contributed by atoms with E-state index in [1.165, 1.54) is 25.5 Å². The second-order valence-electron chi connectivity index (χ2n) is 6.84. The molecule has 0 aliphatic heterocycles. The summed E-state index contributed by atoms with van der Waals surface area (Å²) in [7, 11) is -2.13. The van der Waals surface area contributed by atoms with Crippen molar-refractivity contribution in [1.82, 2.24) is 9.55 Å². The Balaban J connectivity index is 2.11. The van der Waals surface area contributed by atoms with Gasteiger partial charge >= 0.3 is 0 Å². The maximum absolute atomic E-state index is 12.9. The van der Waals surface area contributed by atoms with Gasteiger partial charge in [-0.2, -0.15) is 0 Å². The van der Waals surface area contributed by atoms with Gasteiger partial charge in [0.15, 0.2) is 5.43 Å². The van der Waals surface area contributed by atoms with Gasteiger partial charge in [0.25, 0.3) is 0 Å². The van der Waals surface area contributed by atoms with Crippen LogP contribution in [0.5, 0.6) is 0 Å². The van der Waals surface area contributed by atoms with Crippen molar-refractivity contribution in [3.05, 3.63) is 89.3 Å². The molecule has 2 aromatic heterocycles.